The average molecular weight is 463 g/mol. The van der Waals surface area contributed by atoms with Gasteiger partial charge in [0.25, 0.3) is 0 Å². The summed E-state index contributed by atoms with van der Waals surface area (Å²) in [6, 6.07) is 17.4. The van der Waals surface area contributed by atoms with Crippen LogP contribution in [0.15, 0.2) is 60.7 Å². The summed E-state index contributed by atoms with van der Waals surface area (Å²) in [5.74, 6) is 0.832. The van der Waals surface area contributed by atoms with E-state index >= 15 is 0 Å². The van der Waals surface area contributed by atoms with Crippen molar-refractivity contribution < 1.29 is 18.6 Å². The fraction of sp³-hybridized carbons (Fsp3) is 0.280. The molecular formula is C25H25Cl2FO3. The van der Waals surface area contributed by atoms with Crippen molar-refractivity contribution in [2.45, 2.75) is 32.8 Å². The molecule has 0 saturated carbocycles. The first kappa shape index (κ1) is 23.4. The minimum atomic E-state index is -0.404. The first-order chi connectivity index (χ1) is 14.8. The monoisotopic (exact) mass is 462 g/mol. The molecule has 0 atom stereocenters. The zero-order valence-corrected chi connectivity index (χ0v) is 19.3. The highest BCUT2D eigenvalue weighted by molar-refractivity contribution is 6.37. The van der Waals surface area contributed by atoms with Crippen LogP contribution in [0.25, 0.3) is 0 Å². The van der Waals surface area contributed by atoms with Crippen LogP contribution in [0.5, 0.6) is 17.2 Å². The molecule has 0 saturated heterocycles. The second kappa shape index (κ2) is 10.4. The predicted octanol–water partition coefficient (Wildman–Crippen LogP) is 7.82. The fourth-order valence-corrected chi connectivity index (χ4v) is 3.69. The molecule has 0 aliphatic heterocycles. The molecule has 0 aromatic heterocycles. The number of benzene rings is 3. The zero-order chi connectivity index (χ0) is 22.4. The summed E-state index contributed by atoms with van der Waals surface area (Å²) in [4.78, 5) is 0. The van der Waals surface area contributed by atoms with Crippen LogP contribution in [0, 0.1) is 5.82 Å². The molecule has 0 fully saturated rings. The second-order valence-electron chi connectivity index (χ2n) is 7.76. The van der Waals surface area contributed by atoms with E-state index in [1.165, 1.54) is 6.07 Å². The third-order valence-corrected chi connectivity index (χ3v) is 5.32. The highest BCUT2D eigenvalue weighted by Crippen LogP contribution is 2.38. The van der Waals surface area contributed by atoms with Crippen LogP contribution in [0.4, 0.5) is 4.39 Å². The van der Waals surface area contributed by atoms with E-state index in [4.69, 9.17) is 37.4 Å². The number of para-hydroxylation sites is 1. The van der Waals surface area contributed by atoms with Gasteiger partial charge in [-0.2, -0.15) is 0 Å². The standard InChI is InChI=1S/C25H25Cl2FO3/c1-4-30-24-20(26)13-18(14-21(24)27)25(2,3)16-29-15-17-8-7-9-19(12-17)31-23-11-6-5-10-22(23)28/h5-14H,4,15-16H2,1-3H3. The van der Waals surface area contributed by atoms with Gasteiger partial charge in [-0.25, -0.2) is 4.39 Å². The summed E-state index contributed by atoms with van der Waals surface area (Å²) in [6.45, 7) is 7.34. The quantitative estimate of drug-likeness (QED) is 0.324. The average Bonchev–Trinajstić information content (AvgIpc) is 2.72. The van der Waals surface area contributed by atoms with Crippen LogP contribution in [0.2, 0.25) is 10.0 Å². The summed E-state index contributed by atoms with van der Waals surface area (Å²) >= 11 is 12.7. The number of halogens is 3. The van der Waals surface area contributed by atoms with Crippen LogP contribution in [0.3, 0.4) is 0 Å². The van der Waals surface area contributed by atoms with Gasteiger partial charge in [0.15, 0.2) is 17.3 Å². The van der Waals surface area contributed by atoms with Crippen molar-refractivity contribution in [3.63, 3.8) is 0 Å². The van der Waals surface area contributed by atoms with Gasteiger partial charge in [-0.15, -0.1) is 0 Å². The van der Waals surface area contributed by atoms with Gasteiger partial charge in [-0.3, -0.25) is 0 Å². The Balaban J connectivity index is 1.64. The SMILES string of the molecule is CCOc1c(Cl)cc(C(C)(C)COCc2cccc(Oc3ccccc3F)c2)cc1Cl. The summed E-state index contributed by atoms with van der Waals surface area (Å²) in [7, 11) is 0. The molecular weight excluding hydrogens is 438 g/mol. The number of hydrogen-bond acceptors (Lipinski definition) is 3. The molecule has 3 nitrogen and oxygen atoms in total. The van der Waals surface area contributed by atoms with Crippen molar-refractivity contribution in [2.24, 2.45) is 0 Å². The summed E-state index contributed by atoms with van der Waals surface area (Å²) in [6.07, 6.45) is 0. The van der Waals surface area contributed by atoms with Crippen molar-refractivity contribution in [3.8, 4) is 17.2 Å². The number of hydrogen-bond donors (Lipinski definition) is 0. The molecule has 0 bridgehead atoms. The van der Waals surface area contributed by atoms with Gasteiger partial charge in [-0.05, 0) is 54.4 Å². The third-order valence-electron chi connectivity index (χ3n) is 4.76. The van der Waals surface area contributed by atoms with E-state index in [1.54, 1.807) is 24.3 Å². The highest BCUT2D eigenvalue weighted by Gasteiger charge is 2.24. The summed E-state index contributed by atoms with van der Waals surface area (Å²) in [5.41, 5.74) is 1.56. The summed E-state index contributed by atoms with van der Waals surface area (Å²) in [5, 5.41) is 0.964. The van der Waals surface area contributed by atoms with Gasteiger partial charge in [0.2, 0.25) is 0 Å². The van der Waals surface area contributed by atoms with Crippen molar-refractivity contribution in [2.75, 3.05) is 13.2 Å². The maximum atomic E-state index is 13.8. The Hall–Kier alpha value is -2.27. The van der Waals surface area contributed by atoms with Crippen LogP contribution >= 0.6 is 23.2 Å². The Bertz CT molecular complexity index is 1010. The second-order valence-corrected chi connectivity index (χ2v) is 8.57. The minimum absolute atomic E-state index is 0.186. The molecule has 0 heterocycles. The molecule has 0 aliphatic rings. The lowest BCUT2D eigenvalue weighted by Crippen LogP contribution is -2.24. The molecule has 6 heteroatoms. The Labute approximate surface area is 192 Å². The maximum Gasteiger partial charge on any atom is 0.165 e. The van der Waals surface area contributed by atoms with Gasteiger partial charge in [-0.1, -0.05) is 61.3 Å². The summed E-state index contributed by atoms with van der Waals surface area (Å²) < 4.78 is 31.0. The first-order valence-electron chi connectivity index (χ1n) is 10.0. The molecule has 0 amide bonds. The first-order valence-corrected chi connectivity index (χ1v) is 10.8. The lowest BCUT2D eigenvalue weighted by Gasteiger charge is -2.26. The maximum absolute atomic E-state index is 13.8. The third kappa shape index (κ3) is 6.13. The van der Waals surface area contributed by atoms with E-state index < -0.39 is 5.82 Å². The van der Waals surface area contributed by atoms with Gasteiger partial charge in [0.05, 0.1) is 29.9 Å². The smallest absolute Gasteiger partial charge is 0.165 e. The number of ether oxygens (including phenoxy) is 3. The molecule has 164 valence electrons. The highest BCUT2D eigenvalue weighted by atomic mass is 35.5. The normalized spacial score (nSPS) is 11.4. The Morgan fingerprint density at radius 3 is 2.32 bits per heavy atom. The van der Waals surface area contributed by atoms with E-state index in [2.05, 4.69) is 13.8 Å². The largest absolute Gasteiger partial charge is 0.491 e. The molecule has 3 aromatic carbocycles. The van der Waals surface area contributed by atoms with Crippen LogP contribution in [-0.4, -0.2) is 13.2 Å². The number of rotatable bonds is 9. The molecule has 0 radical (unpaired) electrons. The molecule has 0 N–H and O–H groups in total. The molecule has 31 heavy (non-hydrogen) atoms. The predicted molar refractivity (Wildman–Crippen MR) is 123 cm³/mol. The van der Waals surface area contributed by atoms with E-state index in [-0.39, 0.29) is 11.2 Å². The molecule has 3 aromatic rings. The van der Waals surface area contributed by atoms with Crippen LogP contribution < -0.4 is 9.47 Å². The lowest BCUT2D eigenvalue weighted by molar-refractivity contribution is 0.0824. The van der Waals surface area contributed by atoms with Gasteiger partial charge < -0.3 is 14.2 Å². The van der Waals surface area contributed by atoms with E-state index in [0.717, 1.165) is 11.1 Å². The topological polar surface area (TPSA) is 27.7 Å². The zero-order valence-electron chi connectivity index (χ0n) is 17.8. The Kier molecular flexibility index (Phi) is 7.82. The molecule has 0 unspecified atom stereocenters. The van der Waals surface area contributed by atoms with Crippen LogP contribution in [0.1, 0.15) is 31.9 Å². The van der Waals surface area contributed by atoms with Crippen molar-refractivity contribution in [3.05, 3.63) is 87.7 Å². The van der Waals surface area contributed by atoms with E-state index in [1.807, 2.05) is 37.3 Å². The van der Waals surface area contributed by atoms with Gasteiger partial charge in [0, 0.05) is 5.41 Å². The minimum Gasteiger partial charge on any atom is -0.491 e. The molecule has 0 aliphatic carbocycles. The van der Waals surface area contributed by atoms with Crippen molar-refractivity contribution in [1.82, 2.24) is 0 Å². The fourth-order valence-electron chi connectivity index (χ4n) is 3.09. The van der Waals surface area contributed by atoms with E-state index in [9.17, 15) is 4.39 Å². The van der Waals surface area contributed by atoms with Crippen molar-refractivity contribution >= 4 is 23.2 Å². The van der Waals surface area contributed by atoms with Crippen LogP contribution in [-0.2, 0) is 16.8 Å². The van der Waals surface area contributed by atoms with Gasteiger partial charge in [0.1, 0.15) is 5.75 Å². The molecule has 3 rings (SSSR count). The Morgan fingerprint density at radius 2 is 1.65 bits per heavy atom. The molecule has 0 spiro atoms. The lowest BCUT2D eigenvalue weighted by atomic mass is 9.85. The van der Waals surface area contributed by atoms with Crippen molar-refractivity contribution in [1.29, 1.82) is 0 Å². The van der Waals surface area contributed by atoms with E-state index in [0.29, 0.717) is 41.4 Å². The Morgan fingerprint density at radius 1 is 0.935 bits per heavy atom. The van der Waals surface area contributed by atoms with Gasteiger partial charge >= 0.3 is 0 Å².